The second-order valence-electron chi connectivity index (χ2n) is 5.14. The molecule has 3 heteroatoms. The molecule has 0 N–H and O–H groups in total. The van der Waals surface area contributed by atoms with E-state index >= 15 is 0 Å². The Hall–Kier alpha value is -0.700. The Labute approximate surface area is 107 Å². The van der Waals surface area contributed by atoms with Crippen LogP contribution in [0.5, 0.6) is 0 Å². The maximum absolute atomic E-state index is 11.8. The van der Waals surface area contributed by atoms with Gasteiger partial charge in [0, 0.05) is 17.5 Å². The number of carbonyl (C=O) groups excluding carboxylic acids is 1. The first-order chi connectivity index (χ1) is 8.24. The highest BCUT2D eigenvalue weighted by molar-refractivity contribution is 7.09. The van der Waals surface area contributed by atoms with Crippen molar-refractivity contribution in [1.29, 1.82) is 0 Å². The highest BCUT2D eigenvalue weighted by Crippen LogP contribution is 2.27. The van der Waals surface area contributed by atoms with Crippen LogP contribution in [-0.2, 0) is 11.2 Å². The molecule has 0 unspecified atom stereocenters. The molecule has 0 aromatic carbocycles. The number of aryl methyl sites for hydroxylation is 1. The van der Waals surface area contributed by atoms with Crippen molar-refractivity contribution in [3.8, 4) is 0 Å². The number of hydrogen-bond acceptors (Lipinski definition) is 3. The van der Waals surface area contributed by atoms with E-state index < -0.39 is 0 Å². The SMILES string of the molecule is Cc1csc(CC(=O)CCC2CCCCC2)n1. The molecule has 0 radical (unpaired) electrons. The summed E-state index contributed by atoms with van der Waals surface area (Å²) < 4.78 is 0. The van der Waals surface area contributed by atoms with Gasteiger partial charge in [0.2, 0.25) is 0 Å². The summed E-state index contributed by atoms with van der Waals surface area (Å²) in [6.07, 6.45) is 9.20. The van der Waals surface area contributed by atoms with Gasteiger partial charge in [-0.1, -0.05) is 32.1 Å². The summed E-state index contributed by atoms with van der Waals surface area (Å²) in [5, 5.41) is 3.00. The molecule has 0 bridgehead atoms. The zero-order valence-electron chi connectivity index (χ0n) is 10.6. The lowest BCUT2D eigenvalue weighted by Gasteiger charge is -2.20. The molecule has 1 aromatic rings. The summed E-state index contributed by atoms with van der Waals surface area (Å²) >= 11 is 1.61. The van der Waals surface area contributed by atoms with E-state index in [4.69, 9.17) is 0 Å². The average molecular weight is 251 g/mol. The molecular weight excluding hydrogens is 230 g/mol. The Morgan fingerprint density at radius 2 is 2.18 bits per heavy atom. The van der Waals surface area contributed by atoms with Gasteiger partial charge in [-0.3, -0.25) is 4.79 Å². The van der Waals surface area contributed by atoms with E-state index in [0.717, 1.165) is 29.5 Å². The van der Waals surface area contributed by atoms with Gasteiger partial charge < -0.3 is 0 Å². The summed E-state index contributed by atoms with van der Waals surface area (Å²) in [4.78, 5) is 16.2. The van der Waals surface area contributed by atoms with Crippen LogP contribution in [-0.4, -0.2) is 10.8 Å². The first-order valence-electron chi connectivity index (χ1n) is 6.67. The predicted molar refractivity (Wildman–Crippen MR) is 71.4 cm³/mol. The number of rotatable bonds is 5. The molecule has 0 atom stereocenters. The monoisotopic (exact) mass is 251 g/mol. The van der Waals surface area contributed by atoms with E-state index in [1.165, 1.54) is 32.1 Å². The van der Waals surface area contributed by atoms with Crippen molar-refractivity contribution < 1.29 is 4.79 Å². The molecule has 1 aliphatic carbocycles. The van der Waals surface area contributed by atoms with Gasteiger partial charge in [-0.25, -0.2) is 4.98 Å². The minimum Gasteiger partial charge on any atom is -0.299 e. The van der Waals surface area contributed by atoms with Gasteiger partial charge in [-0.15, -0.1) is 11.3 Å². The second kappa shape index (κ2) is 6.29. The van der Waals surface area contributed by atoms with E-state index in [2.05, 4.69) is 4.98 Å². The fourth-order valence-corrected chi connectivity index (χ4v) is 3.38. The molecule has 2 rings (SSSR count). The van der Waals surface area contributed by atoms with Gasteiger partial charge in [-0.05, 0) is 19.3 Å². The van der Waals surface area contributed by atoms with Crippen LogP contribution in [0.4, 0.5) is 0 Å². The van der Waals surface area contributed by atoms with Crippen molar-refractivity contribution in [3.63, 3.8) is 0 Å². The smallest absolute Gasteiger partial charge is 0.139 e. The maximum Gasteiger partial charge on any atom is 0.139 e. The van der Waals surface area contributed by atoms with Gasteiger partial charge in [0.25, 0.3) is 0 Å². The Morgan fingerprint density at radius 3 is 2.82 bits per heavy atom. The molecule has 1 heterocycles. The van der Waals surface area contributed by atoms with Crippen LogP contribution in [0.3, 0.4) is 0 Å². The predicted octanol–water partition coefficient (Wildman–Crippen LogP) is 3.92. The number of hydrogen-bond donors (Lipinski definition) is 0. The molecular formula is C14H21NOS. The summed E-state index contributed by atoms with van der Waals surface area (Å²) in [5.41, 5.74) is 1.03. The van der Waals surface area contributed by atoms with Crippen molar-refractivity contribution in [2.24, 2.45) is 5.92 Å². The number of nitrogens with zero attached hydrogens (tertiary/aromatic N) is 1. The minimum atomic E-state index is 0.366. The standard InChI is InChI=1S/C14H21NOS/c1-11-10-17-14(15-11)9-13(16)8-7-12-5-3-2-4-6-12/h10,12H,2-9H2,1H3. The molecule has 2 nitrogen and oxygen atoms in total. The molecule has 1 aromatic heterocycles. The van der Waals surface area contributed by atoms with Gasteiger partial charge in [0.05, 0.1) is 6.42 Å². The van der Waals surface area contributed by atoms with Crippen LogP contribution >= 0.6 is 11.3 Å². The average Bonchev–Trinajstić information content (AvgIpc) is 2.73. The van der Waals surface area contributed by atoms with Crippen molar-refractivity contribution in [1.82, 2.24) is 4.98 Å². The van der Waals surface area contributed by atoms with E-state index in [9.17, 15) is 4.79 Å². The fourth-order valence-electron chi connectivity index (χ4n) is 2.58. The van der Waals surface area contributed by atoms with Crippen LogP contribution in [0, 0.1) is 12.8 Å². The van der Waals surface area contributed by atoms with Crippen molar-refractivity contribution in [3.05, 3.63) is 16.1 Å². The van der Waals surface area contributed by atoms with Crippen molar-refractivity contribution >= 4 is 17.1 Å². The van der Waals surface area contributed by atoms with Gasteiger partial charge in [-0.2, -0.15) is 0 Å². The molecule has 0 amide bonds. The quantitative estimate of drug-likeness (QED) is 0.794. The third-order valence-electron chi connectivity index (χ3n) is 3.57. The molecule has 1 saturated carbocycles. The van der Waals surface area contributed by atoms with Crippen LogP contribution in [0.15, 0.2) is 5.38 Å². The summed E-state index contributed by atoms with van der Waals surface area (Å²) in [7, 11) is 0. The third kappa shape index (κ3) is 4.23. The molecule has 1 fully saturated rings. The Bertz CT molecular complexity index is 366. The molecule has 0 saturated heterocycles. The normalized spacial score (nSPS) is 17.2. The van der Waals surface area contributed by atoms with Crippen LogP contribution < -0.4 is 0 Å². The third-order valence-corrected chi connectivity index (χ3v) is 4.54. The summed E-state index contributed by atoms with van der Waals surface area (Å²) in [6.45, 7) is 1.98. The molecule has 0 spiro atoms. The number of Topliss-reactive ketones (excluding diaryl/α,β-unsaturated/α-hetero) is 1. The Balaban J connectivity index is 1.70. The zero-order valence-corrected chi connectivity index (χ0v) is 11.4. The molecule has 94 valence electrons. The lowest BCUT2D eigenvalue weighted by Crippen LogP contribution is -2.10. The fraction of sp³-hybridized carbons (Fsp3) is 0.714. The highest BCUT2D eigenvalue weighted by atomic mass is 32.1. The first kappa shape index (κ1) is 12.7. The van der Waals surface area contributed by atoms with Gasteiger partial charge in [0.1, 0.15) is 10.8 Å². The number of ketones is 1. The van der Waals surface area contributed by atoms with E-state index in [0.29, 0.717) is 12.2 Å². The van der Waals surface area contributed by atoms with E-state index in [-0.39, 0.29) is 0 Å². The molecule has 0 aliphatic heterocycles. The summed E-state index contributed by atoms with van der Waals surface area (Å²) in [6, 6.07) is 0. The molecule has 17 heavy (non-hydrogen) atoms. The van der Waals surface area contributed by atoms with Gasteiger partial charge in [0.15, 0.2) is 0 Å². The van der Waals surface area contributed by atoms with Gasteiger partial charge >= 0.3 is 0 Å². The van der Waals surface area contributed by atoms with E-state index in [1.54, 1.807) is 11.3 Å². The molecule has 1 aliphatic rings. The van der Waals surface area contributed by atoms with Crippen LogP contribution in [0.1, 0.15) is 55.6 Å². The van der Waals surface area contributed by atoms with Crippen molar-refractivity contribution in [2.75, 3.05) is 0 Å². The summed E-state index contributed by atoms with van der Waals surface area (Å²) in [5.74, 6) is 1.18. The number of aromatic nitrogens is 1. The largest absolute Gasteiger partial charge is 0.299 e. The van der Waals surface area contributed by atoms with E-state index in [1.807, 2.05) is 12.3 Å². The topological polar surface area (TPSA) is 30.0 Å². The second-order valence-corrected chi connectivity index (χ2v) is 6.08. The van der Waals surface area contributed by atoms with Crippen LogP contribution in [0.2, 0.25) is 0 Å². The number of thiazole rings is 1. The Kier molecular flexibility index (Phi) is 4.72. The van der Waals surface area contributed by atoms with Crippen molar-refractivity contribution in [2.45, 2.75) is 58.3 Å². The maximum atomic E-state index is 11.8. The minimum absolute atomic E-state index is 0.366. The lowest BCUT2D eigenvalue weighted by molar-refractivity contribution is -0.118. The zero-order chi connectivity index (χ0) is 12.1. The van der Waals surface area contributed by atoms with Crippen LogP contribution in [0.25, 0.3) is 0 Å². The Morgan fingerprint density at radius 1 is 1.41 bits per heavy atom. The number of carbonyl (C=O) groups is 1. The lowest BCUT2D eigenvalue weighted by atomic mass is 9.85. The highest BCUT2D eigenvalue weighted by Gasteiger charge is 2.15. The first-order valence-corrected chi connectivity index (χ1v) is 7.54.